The summed E-state index contributed by atoms with van der Waals surface area (Å²) < 4.78 is 0. The first-order chi connectivity index (χ1) is 14.2. The van der Waals surface area contributed by atoms with Gasteiger partial charge in [-0.1, -0.05) is 69.1 Å². The number of benzene rings is 1. The molecule has 0 saturated carbocycles. The second kappa shape index (κ2) is 9.57. The van der Waals surface area contributed by atoms with Crippen molar-refractivity contribution in [2.75, 3.05) is 0 Å². The van der Waals surface area contributed by atoms with E-state index in [-0.39, 0.29) is 5.78 Å². The summed E-state index contributed by atoms with van der Waals surface area (Å²) in [5, 5.41) is 0.886. The van der Waals surface area contributed by atoms with Crippen molar-refractivity contribution in [3.63, 3.8) is 0 Å². The molecule has 0 bridgehead atoms. The zero-order valence-corrected chi connectivity index (χ0v) is 20.5. The third-order valence-corrected chi connectivity index (χ3v) is 7.71. The van der Waals surface area contributed by atoms with Gasteiger partial charge in [0.2, 0.25) is 0 Å². The molecule has 1 aliphatic carbocycles. The second-order valence-corrected chi connectivity index (χ2v) is 10.7. The number of ketones is 1. The zero-order chi connectivity index (χ0) is 22.0. The predicted molar refractivity (Wildman–Crippen MR) is 134 cm³/mol. The number of hydrogen-bond donors (Lipinski definition) is 0. The molecule has 1 heterocycles. The molecule has 0 N–H and O–H groups in total. The molecule has 158 valence electrons. The fraction of sp³-hybridized carbons (Fsp3) is 0.385. The van der Waals surface area contributed by atoms with Gasteiger partial charge in [0.1, 0.15) is 0 Å². The third-order valence-electron chi connectivity index (χ3n) is 5.68. The SMILES string of the molecule is C=C1Cc2c(CC)cc(/C=C(/S/C(C)=N/C3=CC(C)C(C)C=C3C)C(C)=O)cc2S1. The smallest absolute Gasteiger partial charge is 0.166 e. The first kappa shape index (κ1) is 22.9. The molecule has 30 heavy (non-hydrogen) atoms. The molecule has 2 aliphatic rings. The first-order valence-electron chi connectivity index (χ1n) is 10.6. The predicted octanol–water partition coefficient (Wildman–Crippen LogP) is 7.61. The Bertz CT molecular complexity index is 1010. The van der Waals surface area contributed by atoms with Gasteiger partial charge in [-0.2, -0.15) is 0 Å². The van der Waals surface area contributed by atoms with Crippen LogP contribution in [0, 0.1) is 11.8 Å². The van der Waals surface area contributed by atoms with Crippen LogP contribution in [-0.2, 0) is 17.6 Å². The molecule has 0 fully saturated rings. The molecule has 0 aromatic heterocycles. The Labute approximate surface area is 189 Å². The maximum Gasteiger partial charge on any atom is 0.166 e. The van der Waals surface area contributed by atoms with Crippen LogP contribution in [0.25, 0.3) is 6.08 Å². The van der Waals surface area contributed by atoms with Crippen LogP contribution in [0.5, 0.6) is 0 Å². The van der Waals surface area contributed by atoms with E-state index in [4.69, 9.17) is 4.99 Å². The van der Waals surface area contributed by atoms with Crippen molar-refractivity contribution in [2.24, 2.45) is 16.8 Å². The highest BCUT2D eigenvalue weighted by atomic mass is 32.2. The summed E-state index contributed by atoms with van der Waals surface area (Å²) >= 11 is 3.22. The van der Waals surface area contributed by atoms with Crippen molar-refractivity contribution in [3.05, 3.63) is 68.6 Å². The van der Waals surface area contributed by atoms with Gasteiger partial charge < -0.3 is 0 Å². The molecule has 4 heteroatoms. The van der Waals surface area contributed by atoms with Crippen molar-refractivity contribution in [1.29, 1.82) is 0 Å². The number of aryl methyl sites for hydroxylation is 1. The molecule has 3 rings (SSSR count). The Morgan fingerprint density at radius 1 is 1.27 bits per heavy atom. The lowest BCUT2D eigenvalue weighted by Gasteiger charge is -2.21. The minimum atomic E-state index is 0.0667. The number of aliphatic imine (C=N–C) groups is 1. The lowest BCUT2D eigenvalue weighted by atomic mass is 9.87. The van der Waals surface area contributed by atoms with Crippen LogP contribution >= 0.6 is 23.5 Å². The lowest BCUT2D eigenvalue weighted by molar-refractivity contribution is -0.112. The van der Waals surface area contributed by atoms with Crippen molar-refractivity contribution in [2.45, 2.75) is 59.3 Å². The number of hydrogen-bond acceptors (Lipinski definition) is 4. The van der Waals surface area contributed by atoms with E-state index < -0.39 is 0 Å². The highest BCUT2D eigenvalue weighted by Crippen LogP contribution is 2.42. The van der Waals surface area contributed by atoms with Crippen molar-refractivity contribution >= 4 is 40.4 Å². The minimum Gasteiger partial charge on any atom is -0.294 e. The van der Waals surface area contributed by atoms with Crippen LogP contribution < -0.4 is 0 Å². The summed E-state index contributed by atoms with van der Waals surface area (Å²) in [7, 11) is 0. The van der Waals surface area contributed by atoms with Crippen LogP contribution in [-0.4, -0.2) is 10.8 Å². The van der Waals surface area contributed by atoms with Gasteiger partial charge in [0.15, 0.2) is 5.78 Å². The molecule has 2 nitrogen and oxygen atoms in total. The number of allylic oxidation sites excluding steroid dienone is 5. The maximum atomic E-state index is 12.4. The number of Topliss-reactive ketones (excluding diaryl/α,β-unsaturated/α-hetero) is 1. The van der Waals surface area contributed by atoms with Crippen LogP contribution in [0.1, 0.15) is 58.2 Å². The lowest BCUT2D eigenvalue weighted by Crippen LogP contribution is -2.09. The van der Waals surface area contributed by atoms with Crippen LogP contribution in [0.3, 0.4) is 0 Å². The van der Waals surface area contributed by atoms with Gasteiger partial charge in [-0.3, -0.25) is 4.79 Å². The van der Waals surface area contributed by atoms with E-state index in [9.17, 15) is 4.79 Å². The normalized spacial score (nSPS) is 22.0. The average Bonchev–Trinajstić information content (AvgIpc) is 3.04. The number of carbonyl (C=O) groups is 1. The quantitative estimate of drug-likeness (QED) is 0.270. The van der Waals surface area contributed by atoms with Crippen molar-refractivity contribution in [1.82, 2.24) is 0 Å². The fourth-order valence-electron chi connectivity index (χ4n) is 3.80. The van der Waals surface area contributed by atoms with E-state index >= 15 is 0 Å². The molecule has 0 radical (unpaired) electrons. The van der Waals surface area contributed by atoms with Gasteiger partial charge >= 0.3 is 0 Å². The first-order valence-corrected chi connectivity index (χ1v) is 12.2. The largest absolute Gasteiger partial charge is 0.294 e. The second-order valence-electron chi connectivity index (χ2n) is 8.25. The number of fused-ring (bicyclic) bond motifs is 1. The summed E-state index contributed by atoms with van der Waals surface area (Å²) in [5.41, 5.74) is 6.05. The van der Waals surface area contributed by atoms with Gasteiger partial charge in [-0.25, -0.2) is 4.99 Å². The summed E-state index contributed by atoms with van der Waals surface area (Å²) in [6.45, 7) is 16.5. The molecule has 0 saturated heterocycles. The summed E-state index contributed by atoms with van der Waals surface area (Å²) in [6.07, 6.45) is 8.46. The number of rotatable bonds is 5. The maximum absolute atomic E-state index is 12.4. The third kappa shape index (κ3) is 5.28. The molecular formula is C26H31NOS2. The average molecular weight is 438 g/mol. The monoisotopic (exact) mass is 437 g/mol. The van der Waals surface area contributed by atoms with Crippen LogP contribution in [0.2, 0.25) is 0 Å². The van der Waals surface area contributed by atoms with Crippen LogP contribution in [0.4, 0.5) is 0 Å². The Kier molecular flexibility index (Phi) is 7.30. The van der Waals surface area contributed by atoms with E-state index in [1.807, 2.05) is 13.0 Å². The molecule has 1 aromatic rings. The number of nitrogens with zero attached hydrogens (tertiary/aromatic N) is 1. The van der Waals surface area contributed by atoms with E-state index in [1.54, 1.807) is 18.7 Å². The molecule has 1 aromatic carbocycles. The van der Waals surface area contributed by atoms with Gasteiger partial charge in [0, 0.05) is 11.3 Å². The molecule has 2 unspecified atom stereocenters. The molecular weight excluding hydrogens is 406 g/mol. The summed E-state index contributed by atoms with van der Waals surface area (Å²) in [4.78, 5) is 20.4. The molecule has 1 aliphatic heterocycles. The van der Waals surface area contributed by atoms with Crippen molar-refractivity contribution < 1.29 is 4.79 Å². The van der Waals surface area contributed by atoms with E-state index in [2.05, 4.69) is 58.6 Å². The standard InChI is InChI=1S/C26H31NOS2/c1-8-22-12-21(14-26-23(22)11-18(5)29-26)13-25(19(6)28)30-20(7)27-24-10-16(3)15(2)9-17(24)4/h9-10,12-16H,5,8,11H2,1-4,6-7H3/b25-13+,27-20+. The van der Waals surface area contributed by atoms with Gasteiger partial charge in [0.25, 0.3) is 0 Å². The highest BCUT2D eigenvalue weighted by molar-refractivity contribution is 8.18. The van der Waals surface area contributed by atoms with E-state index in [0.717, 1.165) is 34.1 Å². The van der Waals surface area contributed by atoms with E-state index in [0.29, 0.717) is 11.8 Å². The summed E-state index contributed by atoms with van der Waals surface area (Å²) in [6, 6.07) is 4.40. The Hall–Kier alpha value is -1.78. The Morgan fingerprint density at radius 3 is 2.63 bits per heavy atom. The molecule has 2 atom stereocenters. The molecule has 0 spiro atoms. The minimum absolute atomic E-state index is 0.0667. The topological polar surface area (TPSA) is 29.4 Å². The zero-order valence-electron chi connectivity index (χ0n) is 18.8. The van der Waals surface area contributed by atoms with E-state index in [1.165, 1.54) is 38.3 Å². The van der Waals surface area contributed by atoms with Gasteiger partial charge in [-0.05, 0) is 78.3 Å². The molecule has 0 amide bonds. The van der Waals surface area contributed by atoms with Gasteiger partial charge in [0.05, 0.1) is 15.6 Å². The number of carbonyl (C=O) groups excluding carboxylic acids is 1. The highest BCUT2D eigenvalue weighted by Gasteiger charge is 2.20. The Balaban J connectivity index is 1.88. The Morgan fingerprint density at radius 2 is 1.97 bits per heavy atom. The van der Waals surface area contributed by atoms with Gasteiger partial charge in [-0.15, -0.1) is 0 Å². The van der Waals surface area contributed by atoms with Crippen molar-refractivity contribution in [3.8, 4) is 0 Å². The van der Waals surface area contributed by atoms with Crippen LogP contribution in [0.15, 0.2) is 61.8 Å². The fourth-order valence-corrected chi connectivity index (χ4v) is 5.65. The number of thioether (sulfide) groups is 2. The summed E-state index contributed by atoms with van der Waals surface area (Å²) in [5.74, 6) is 1.07.